The Hall–Kier alpha value is -0.700. The summed E-state index contributed by atoms with van der Waals surface area (Å²) in [7, 11) is -3.16. The van der Waals surface area contributed by atoms with Crippen LogP contribution in [0.3, 0.4) is 0 Å². The Kier molecular flexibility index (Phi) is 6.00. The molecule has 0 spiro atoms. The second kappa shape index (κ2) is 7.03. The average molecular weight is 279 g/mol. The molecule has 0 radical (unpaired) electrons. The van der Waals surface area contributed by atoms with E-state index in [1.54, 1.807) is 11.8 Å². The SMILES string of the molecule is CC(NCCNS(C)(=O)=O)C(=O)N1CCOCC1. The van der Waals surface area contributed by atoms with E-state index in [0.29, 0.717) is 32.8 Å². The van der Waals surface area contributed by atoms with E-state index in [2.05, 4.69) is 10.0 Å². The molecule has 1 amide bonds. The molecule has 1 fully saturated rings. The lowest BCUT2D eigenvalue weighted by Crippen LogP contribution is -2.50. The maximum atomic E-state index is 12.0. The molecule has 18 heavy (non-hydrogen) atoms. The molecule has 1 aliphatic heterocycles. The largest absolute Gasteiger partial charge is 0.378 e. The highest BCUT2D eigenvalue weighted by atomic mass is 32.2. The highest BCUT2D eigenvalue weighted by Gasteiger charge is 2.21. The molecule has 1 saturated heterocycles. The molecule has 1 aliphatic rings. The van der Waals surface area contributed by atoms with Gasteiger partial charge in [0.1, 0.15) is 0 Å². The summed E-state index contributed by atoms with van der Waals surface area (Å²) < 4.78 is 29.2. The first-order valence-corrected chi connectivity index (χ1v) is 7.84. The van der Waals surface area contributed by atoms with Crippen molar-refractivity contribution >= 4 is 15.9 Å². The summed E-state index contributed by atoms with van der Waals surface area (Å²) in [5.41, 5.74) is 0. The number of carbonyl (C=O) groups is 1. The first-order valence-electron chi connectivity index (χ1n) is 5.95. The molecular weight excluding hydrogens is 258 g/mol. The van der Waals surface area contributed by atoms with Crippen molar-refractivity contribution in [1.82, 2.24) is 14.9 Å². The summed E-state index contributed by atoms with van der Waals surface area (Å²) in [6.07, 6.45) is 1.11. The van der Waals surface area contributed by atoms with Gasteiger partial charge in [0.2, 0.25) is 15.9 Å². The van der Waals surface area contributed by atoms with Crippen LogP contribution in [0.2, 0.25) is 0 Å². The van der Waals surface area contributed by atoms with E-state index >= 15 is 0 Å². The van der Waals surface area contributed by atoms with Gasteiger partial charge in [-0.3, -0.25) is 4.79 Å². The number of carbonyl (C=O) groups excluding carboxylic acids is 1. The van der Waals surface area contributed by atoms with Crippen molar-refractivity contribution in [2.75, 3.05) is 45.6 Å². The molecule has 106 valence electrons. The van der Waals surface area contributed by atoms with Crippen LogP contribution < -0.4 is 10.0 Å². The van der Waals surface area contributed by atoms with Crippen molar-refractivity contribution in [3.05, 3.63) is 0 Å². The Morgan fingerprint density at radius 2 is 1.94 bits per heavy atom. The summed E-state index contributed by atoms with van der Waals surface area (Å²) in [4.78, 5) is 13.7. The molecule has 8 heteroatoms. The van der Waals surface area contributed by atoms with Crippen molar-refractivity contribution in [3.63, 3.8) is 0 Å². The fraction of sp³-hybridized carbons (Fsp3) is 0.900. The van der Waals surface area contributed by atoms with E-state index in [1.165, 1.54) is 0 Å². The number of hydrogen-bond donors (Lipinski definition) is 2. The van der Waals surface area contributed by atoms with Gasteiger partial charge < -0.3 is 15.0 Å². The summed E-state index contributed by atoms with van der Waals surface area (Å²) in [5, 5.41) is 2.99. The van der Waals surface area contributed by atoms with Gasteiger partial charge in [0.15, 0.2) is 0 Å². The molecule has 1 rings (SSSR count). The Morgan fingerprint density at radius 1 is 1.33 bits per heavy atom. The Bertz CT molecular complexity index is 365. The Balaban J connectivity index is 2.23. The molecule has 2 N–H and O–H groups in total. The summed E-state index contributed by atoms with van der Waals surface area (Å²) in [6, 6.07) is -0.315. The molecule has 1 heterocycles. The minimum absolute atomic E-state index is 0.0256. The summed E-state index contributed by atoms with van der Waals surface area (Å²) in [6.45, 7) is 4.86. The fourth-order valence-electron chi connectivity index (χ4n) is 1.67. The number of nitrogens with one attached hydrogen (secondary N) is 2. The third-order valence-corrected chi connectivity index (χ3v) is 3.36. The number of morpholine rings is 1. The third-order valence-electron chi connectivity index (χ3n) is 2.63. The third kappa shape index (κ3) is 5.76. The first-order chi connectivity index (χ1) is 8.40. The van der Waals surface area contributed by atoms with Crippen molar-refractivity contribution < 1.29 is 17.9 Å². The van der Waals surface area contributed by atoms with E-state index in [-0.39, 0.29) is 18.5 Å². The van der Waals surface area contributed by atoms with Crippen LogP contribution in [0.1, 0.15) is 6.92 Å². The minimum atomic E-state index is -3.16. The van der Waals surface area contributed by atoms with Gasteiger partial charge >= 0.3 is 0 Å². The van der Waals surface area contributed by atoms with Crippen LogP contribution in [0.4, 0.5) is 0 Å². The molecule has 0 aliphatic carbocycles. The van der Waals surface area contributed by atoms with Gasteiger partial charge in [0.05, 0.1) is 25.5 Å². The maximum absolute atomic E-state index is 12.0. The topological polar surface area (TPSA) is 87.7 Å². The minimum Gasteiger partial charge on any atom is -0.378 e. The zero-order valence-corrected chi connectivity index (χ0v) is 11.6. The molecule has 0 aromatic heterocycles. The number of sulfonamides is 1. The van der Waals surface area contributed by atoms with Gasteiger partial charge in [-0.2, -0.15) is 0 Å². The maximum Gasteiger partial charge on any atom is 0.239 e. The van der Waals surface area contributed by atoms with E-state index in [0.717, 1.165) is 6.26 Å². The van der Waals surface area contributed by atoms with Gasteiger partial charge in [-0.15, -0.1) is 0 Å². The van der Waals surface area contributed by atoms with Gasteiger partial charge in [-0.1, -0.05) is 0 Å². The lowest BCUT2D eigenvalue weighted by atomic mass is 10.2. The van der Waals surface area contributed by atoms with Gasteiger partial charge in [-0.25, -0.2) is 13.1 Å². The first kappa shape index (κ1) is 15.4. The highest BCUT2D eigenvalue weighted by molar-refractivity contribution is 7.88. The van der Waals surface area contributed by atoms with Crippen molar-refractivity contribution in [1.29, 1.82) is 0 Å². The second-order valence-corrected chi connectivity index (χ2v) is 6.11. The van der Waals surface area contributed by atoms with Crippen LogP contribution in [0, 0.1) is 0 Å². The predicted molar refractivity (Wildman–Crippen MR) is 67.7 cm³/mol. The van der Waals surface area contributed by atoms with Crippen molar-refractivity contribution in [3.8, 4) is 0 Å². The van der Waals surface area contributed by atoms with Gasteiger partial charge in [0, 0.05) is 26.2 Å². The van der Waals surface area contributed by atoms with Crippen LogP contribution in [0.5, 0.6) is 0 Å². The Morgan fingerprint density at radius 3 is 2.50 bits per heavy atom. The molecule has 0 aromatic rings. The molecule has 7 nitrogen and oxygen atoms in total. The summed E-state index contributed by atoms with van der Waals surface area (Å²) >= 11 is 0. The van der Waals surface area contributed by atoms with E-state index in [4.69, 9.17) is 4.74 Å². The van der Waals surface area contributed by atoms with Crippen LogP contribution in [-0.4, -0.2) is 70.9 Å². The lowest BCUT2D eigenvalue weighted by Gasteiger charge is -2.29. The number of nitrogens with zero attached hydrogens (tertiary/aromatic N) is 1. The quantitative estimate of drug-likeness (QED) is 0.570. The zero-order valence-electron chi connectivity index (χ0n) is 10.8. The zero-order chi connectivity index (χ0) is 13.6. The lowest BCUT2D eigenvalue weighted by molar-refractivity contribution is -0.137. The van der Waals surface area contributed by atoms with Crippen molar-refractivity contribution in [2.45, 2.75) is 13.0 Å². The highest BCUT2D eigenvalue weighted by Crippen LogP contribution is 2.00. The second-order valence-electron chi connectivity index (χ2n) is 4.28. The molecule has 0 aromatic carbocycles. The molecule has 0 saturated carbocycles. The number of amides is 1. The van der Waals surface area contributed by atoms with Crippen LogP contribution in [0.25, 0.3) is 0 Å². The van der Waals surface area contributed by atoms with E-state index < -0.39 is 10.0 Å². The summed E-state index contributed by atoms with van der Waals surface area (Å²) in [5.74, 6) is 0.0256. The van der Waals surface area contributed by atoms with Crippen LogP contribution in [-0.2, 0) is 19.6 Å². The standard InChI is InChI=1S/C10H21N3O4S/c1-9(11-3-4-12-18(2,15)16)10(14)13-5-7-17-8-6-13/h9,11-12H,3-8H2,1-2H3. The normalized spacial score (nSPS) is 18.7. The predicted octanol–water partition coefficient (Wildman–Crippen LogP) is -1.63. The molecule has 0 bridgehead atoms. The number of rotatable bonds is 6. The fourth-order valence-corrected chi connectivity index (χ4v) is 2.14. The molecular formula is C10H21N3O4S. The van der Waals surface area contributed by atoms with Crippen LogP contribution in [0.15, 0.2) is 0 Å². The van der Waals surface area contributed by atoms with Crippen LogP contribution >= 0.6 is 0 Å². The smallest absolute Gasteiger partial charge is 0.239 e. The average Bonchev–Trinajstić information content (AvgIpc) is 2.33. The molecule has 1 unspecified atom stereocenters. The van der Waals surface area contributed by atoms with Gasteiger partial charge in [0.25, 0.3) is 0 Å². The number of ether oxygens (including phenoxy) is 1. The van der Waals surface area contributed by atoms with Crippen molar-refractivity contribution in [2.24, 2.45) is 0 Å². The monoisotopic (exact) mass is 279 g/mol. The van der Waals surface area contributed by atoms with E-state index in [9.17, 15) is 13.2 Å². The number of hydrogen-bond acceptors (Lipinski definition) is 5. The molecule has 1 atom stereocenters. The van der Waals surface area contributed by atoms with E-state index in [1.807, 2.05) is 0 Å². The Labute approximate surface area is 108 Å². The van der Waals surface area contributed by atoms with Gasteiger partial charge in [-0.05, 0) is 6.92 Å².